The lowest BCUT2D eigenvalue weighted by Crippen LogP contribution is -2.38. The van der Waals surface area contributed by atoms with Crippen molar-refractivity contribution in [2.75, 3.05) is 33.4 Å². The molecule has 0 aromatic rings. The van der Waals surface area contributed by atoms with Crippen molar-refractivity contribution in [1.29, 1.82) is 0 Å². The molecule has 1 aliphatic carbocycles. The molecule has 1 rings (SSSR count). The quantitative estimate of drug-likeness (QED) is 0.615. The third-order valence-corrected chi connectivity index (χ3v) is 3.71. The van der Waals surface area contributed by atoms with Gasteiger partial charge in [-0.15, -0.1) is 0 Å². The maximum atomic E-state index is 5.18. The molecule has 108 valence electrons. The molecule has 1 atom stereocenters. The van der Waals surface area contributed by atoms with Gasteiger partial charge in [0, 0.05) is 38.8 Å². The monoisotopic (exact) mass is 256 g/mol. The first-order chi connectivity index (χ1) is 8.63. The van der Waals surface area contributed by atoms with Crippen LogP contribution in [-0.2, 0) is 4.74 Å². The van der Waals surface area contributed by atoms with Crippen molar-refractivity contribution in [3.63, 3.8) is 0 Å². The van der Waals surface area contributed by atoms with Crippen molar-refractivity contribution in [2.24, 2.45) is 5.92 Å². The van der Waals surface area contributed by atoms with E-state index in [4.69, 9.17) is 4.74 Å². The maximum absolute atomic E-state index is 5.18. The van der Waals surface area contributed by atoms with Crippen LogP contribution in [0.2, 0.25) is 0 Å². The third kappa shape index (κ3) is 7.34. The summed E-state index contributed by atoms with van der Waals surface area (Å²) >= 11 is 0. The molecule has 3 heteroatoms. The average molecular weight is 256 g/mol. The number of hydrogen-bond acceptors (Lipinski definition) is 3. The van der Waals surface area contributed by atoms with Crippen molar-refractivity contribution in [3.05, 3.63) is 0 Å². The summed E-state index contributed by atoms with van der Waals surface area (Å²) in [6.07, 6.45) is 5.38. The summed E-state index contributed by atoms with van der Waals surface area (Å²) in [5, 5.41) is 3.65. The zero-order valence-electron chi connectivity index (χ0n) is 12.7. The van der Waals surface area contributed by atoms with Gasteiger partial charge < -0.3 is 10.1 Å². The average Bonchev–Trinajstić information content (AvgIpc) is 3.15. The highest BCUT2D eigenvalue weighted by Gasteiger charge is 2.28. The fraction of sp³-hybridized carbons (Fsp3) is 1.00. The molecule has 0 radical (unpaired) electrons. The molecule has 1 unspecified atom stereocenters. The van der Waals surface area contributed by atoms with Gasteiger partial charge in [-0.05, 0) is 38.5 Å². The van der Waals surface area contributed by atoms with E-state index in [-0.39, 0.29) is 0 Å². The lowest BCUT2D eigenvalue weighted by molar-refractivity contribution is 0.143. The number of rotatable bonds is 11. The van der Waals surface area contributed by atoms with Crippen LogP contribution in [0.4, 0.5) is 0 Å². The normalized spacial score (nSPS) is 17.7. The molecule has 0 aromatic heterocycles. The topological polar surface area (TPSA) is 24.5 Å². The van der Waals surface area contributed by atoms with Crippen LogP contribution in [0.25, 0.3) is 0 Å². The Morgan fingerprint density at radius 2 is 1.89 bits per heavy atom. The molecule has 18 heavy (non-hydrogen) atoms. The minimum atomic E-state index is 0.649. The second-order valence-corrected chi connectivity index (χ2v) is 6.09. The van der Waals surface area contributed by atoms with Gasteiger partial charge in [-0.25, -0.2) is 0 Å². The van der Waals surface area contributed by atoms with Crippen molar-refractivity contribution in [3.8, 4) is 0 Å². The highest BCUT2D eigenvalue weighted by molar-refractivity contribution is 4.84. The van der Waals surface area contributed by atoms with Gasteiger partial charge in [-0.1, -0.05) is 13.8 Å². The van der Waals surface area contributed by atoms with Gasteiger partial charge in [-0.2, -0.15) is 0 Å². The van der Waals surface area contributed by atoms with Crippen molar-refractivity contribution in [2.45, 2.75) is 58.5 Å². The molecule has 0 saturated heterocycles. The van der Waals surface area contributed by atoms with Crippen LogP contribution in [0.5, 0.6) is 0 Å². The molecule has 0 spiro atoms. The van der Waals surface area contributed by atoms with E-state index in [1.807, 2.05) is 0 Å². The first-order valence-corrected chi connectivity index (χ1v) is 7.59. The smallest absolute Gasteiger partial charge is 0.0589 e. The number of nitrogens with one attached hydrogen (secondary N) is 1. The lowest BCUT2D eigenvalue weighted by atomic mass is 10.0. The number of methoxy groups -OCH3 is 1. The first kappa shape index (κ1) is 15.9. The van der Waals surface area contributed by atoms with E-state index in [0.29, 0.717) is 6.04 Å². The Labute approximate surface area is 113 Å². The lowest BCUT2D eigenvalue weighted by Gasteiger charge is -2.23. The Bertz CT molecular complexity index is 205. The minimum absolute atomic E-state index is 0.649. The van der Waals surface area contributed by atoms with Crippen LogP contribution in [0, 0.1) is 5.92 Å². The van der Waals surface area contributed by atoms with Gasteiger partial charge in [0.2, 0.25) is 0 Å². The van der Waals surface area contributed by atoms with Gasteiger partial charge in [-0.3, -0.25) is 4.90 Å². The molecule has 0 heterocycles. The van der Waals surface area contributed by atoms with Gasteiger partial charge in [0.05, 0.1) is 6.61 Å². The molecule has 1 aliphatic rings. The number of nitrogens with zero attached hydrogens (tertiary/aromatic N) is 1. The number of ether oxygens (including phenoxy) is 1. The van der Waals surface area contributed by atoms with E-state index in [1.165, 1.54) is 32.2 Å². The summed E-state index contributed by atoms with van der Waals surface area (Å²) in [6, 6.07) is 1.49. The Hall–Kier alpha value is -0.120. The van der Waals surface area contributed by atoms with Gasteiger partial charge in [0.15, 0.2) is 0 Å². The Morgan fingerprint density at radius 1 is 1.17 bits per heavy atom. The summed E-state index contributed by atoms with van der Waals surface area (Å²) in [6.45, 7) is 11.1. The van der Waals surface area contributed by atoms with Crippen molar-refractivity contribution < 1.29 is 4.74 Å². The Balaban J connectivity index is 2.06. The fourth-order valence-electron chi connectivity index (χ4n) is 2.27. The Kier molecular flexibility index (Phi) is 7.87. The van der Waals surface area contributed by atoms with E-state index >= 15 is 0 Å². The van der Waals surface area contributed by atoms with E-state index in [0.717, 1.165) is 31.7 Å². The van der Waals surface area contributed by atoms with E-state index < -0.39 is 0 Å². The summed E-state index contributed by atoms with van der Waals surface area (Å²) in [5.74, 6) is 0.818. The third-order valence-electron chi connectivity index (χ3n) is 3.71. The molecule has 0 amide bonds. The summed E-state index contributed by atoms with van der Waals surface area (Å²) in [7, 11) is 1.79. The molecule has 0 aromatic carbocycles. The number of hydrogen-bond donors (Lipinski definition) is 1. The van der Waals surface area contributed by atoms with E-state index in [9.17, 15) is 0 Å². The van der Waals surface area contributed by atoms with Crippen LogP contribution in [-0.4, -0.2) is 50.3 Å². The summed E-state index contributed by atoms with van der Waals surface area (Å²) in [5.41, 5.74) is 0. The molecular formula is C15H32N2O. The summed E-state index contributed by atoms with van der Waals surface area (Å²) < 4.78 is 5.18. The Morgan fingerprint density at radius 3 is 2.44 bits per heavy atom. The largest absolute Gasteiger partial charge is 0.383 e. The molecule has 1 fully saturated rings. The molecule has 0 aliphatic heterocycles. The highest BCUT2D eigenvalue weighted by atomic mass is 16.5. The van der Waals surface area contributed by atoms with Gasteiger partial charge in [0.25, 0.3) is 0 Å². The zero-order valence-corrected chi connectivity index (χ0v) is 12.7. The predicted octanol–water partition coefficient (Wildman–Crippen LogP) is 2.51. The molecule has 1 N–H and O–H groups in total. The molecular weight excluding hydrogens is 224 g/mol. The van der Waals surface area contributed by atoms with Crippen LogP contribution in [0.15, 0.2) is 0 Å². The molecule has 3 nitrogen and oxygen atoms in total. The van der Waals surface area contributed by atoms with Gasteiger partial charge >= 0.3 is 0 Å². The minimum Gasteiger partial charge on any atom is -0.383 e. The van der Waals surface area contributed by atoms with Crippen LogP contribution < -0.4 is 5.32 Å². The predicted molar refractivity (Wildman–Crippen MR) is 78.0 cm³/mol. The summed E-state index contributed by atoms with van der Waals surface area (Å²) in [4.78, 5) is 2.58. The van der Waals surface area contributed by atoms with Crippen molar-refractivity contribution in [1.82, 2.24) is 10.2 Å². The first-order valence-electron chi connectivity index (χ1n) is 7.59. The van der Waals surface area contributed by atoms with E-state index in [2.05, 4.69) is 31.0 Å². The zero-order chi connectivity index (χ0) is 13.4. The van der Waals surface area contributed by atoms with Crippen LogP contribution >= 0.6 is 0 Å². The van der Waals surface area contributed by atoms with Crippen LogP contribution in [0.1, 0.15) is 46.5 Å². The van der Waals surface area contributed by atoms with Crippen molar-refractivity contribution >= 4 is 0 Å². The highest BCUT2D eigenvalue weighted by Crippen LogP contribution is 2.25. The molecule has 0 bridgehead atoms. The van der Waals surface area contributed by atoms with Gasteiger partial charge in [0.1, 0.15) is 0 Å². The van der Waals surface area contributed by atoms with E-state index in [1.54, 1.807) is 7.11 Å². The molecule has 1 saturated carbocycles. The second-order valence-electron chi connectivity index (χ2n) is 6.09. The SMILES string of the molecule is COCCN(CCNC(C)CCC(C)C)C1CC1. The standard InChI is InChI=1S/C15H32N2O/c1-13(2)5-6-14(3)16-9-10-17(11-12-18-4)15-7-8-15/h13-16H,5-12H2,1-4H3. The second kappa shape index (κ2) is 8.89. The maximum Gasteiger partial charge on any atom is 0.0589 e. The van der Waals surface area contributed by atoms with Crippen LogP contribution in [0.3, 0.4) is 0 Å². The fourth-order valence-corrected chi connectivity index (χ4v) is 2.27.